The number of rotatable bonds is 10. The summed E-state index contributed by atoms with van der Waals surface area (Å²) < 4.78 is 0. The summed E-state index contributed by atoms with van der Waals surface area (Å²) in [5.74, 6) is 1.55. The van der Waals surface area contributed by atoms with Gasteiger partial charge in [-0.2, -0.15) is 0 Å². The highest BCUT2D eigenvalue weighted by Gasteiger charge is 2.25. The number of hydrogen-bond donors (Lipinski definition) is 3. The number of hydrogen-bond acceptors (Lipinski definition) is 5. The predicted molar refractivity (Wildman–Crippen MR) is 144 cm³/mol. The first-order valence-electron chi connectivity index (χ1n) is 11.5. The minimum atomic E-state index is -0.192. The molecule has 8 nitrogen and oxygen atoms in total. The third kappa shape index (κ3) is 8.73. The number of primary amides is 1. The molecule has 0 aliphatic carbocycles. The number of halogens is 1. The van der Waals surface area contributed by atoms with Gasteiger partial charge in [-0.25, -0.2) is 4.98 Å². The summed E-state index contributed by atoms with van der Waals surface area (Å²) in [6, 6.07) is 5.15. The van der Waals surface area contributed by atoms with E-state index in [2.05, 4.69) is 64.2 Å². The molecular formula is C23H42IN7O. The number of amides is 1. The molecule has 2 rings (SSSR count). The van der Waals surface area contributed by atoms with Crippen molar-refractivity contribution in [1.29, 1.82) is 0 Å². The molecule has 0 saturated carbocycles. The average molecular weight is 560 g/mol. The second-order valence-corrected chi connectivity index (χ2v) is 8.78. The molecular weight excluding hydrogens is 517 g/mol. The first-order chi connectivity index (χ1) is 14.8. The average Bonchev–Trinajstić information content (AvgIpc) is 2.75. The Morgan fingerprint density at radius 1 is 1.25 bits per heavy atom. The van der Waals surface area contributed by atoms with Crippen molar-refractivity contribution in [1.82, 2.24) is 20.5 Å². The second-order valence-electron chi connectivity index (χ2n) is 8.78. The largest absolute Gasteiger partial charge is 0.369 e. The number of nitrogens with zero attached hydrogens (tertiary/aromatic N) is 4. The highest BCUT2D eigenvalue weighted by molar-refractivity contribution is 14.0. The molecule has 1 aromatic rings. The molecule has 182 valence electrons. The van der Waals surface area contributed by atoms with Crippen LogP contribution in [0.15, 0.2) is 23.3 Å². The van der Waals surface area contributed by atoms with E-state index in [9.17, 15) is 4.79 Å². The Balaban J connectivity index is 0.00000512. The standard InChI is InChI=1S/C23H41N7O.HI/c1-17(2)30(18(3)4)13-7-12-27-23(25-5)28-16-20-8-6-11-26-22(20)29-14-9-19(10-15-29)21(24)31;/h6,8,11,17-19H,7,9-10,12-16H2,1-5H3,(H2,24,31)(H2,25,27,28);1H. The van der Waals surface area contributed by atoms with Gasteiger partial charge >= 0.3 is 0 Å². The molecule has 1 saturated heterocycles. The van der Waals surface area contributed by atoms with Crippen molar-refractivity contribution in [2.45, 2.75) is 65.6 Å². The minimum absolute atomic E-state index is 0. The van der Waals surface area contributed by atoms with Crippen molar-refractivity contribution in [3.63, 3.8) is 0 Å². The Kier molecular flexibility index (Phi) is 12.9. The summed E-state index contributed by atoms with van der Waals surface area (Å²) in [5.41, 5.74) is 6.59. The van der Waals surface area contributed by atoms with E-state index < -0.39 is 0 Å². The smallest absolute Gasteiger partial charge is 0.220 e. The van der Waals surface area contributed by atoms with E-state index in [1.165, 1.54) is 0 Å². The van der Waals surface area contributed by atoms with Gasteiger partial charge in [-0.3, -0.25) is 14.7 Å². The molecule has 1 aromatic heterocycles. The molecule has 0 aromatic carbocycles. The normalized spacial score (nSPS) is 15.2. The number of aromatic nitrogens is 1. The van der Waals surface area contributed by atoms with Crippen LogP contribution >= 0.6 is 24.0 Å². The van der Waals surface area contributed by atoms with Crippen LogP contribution in [0, 0.1) is 5.92 Å². The van der Waals surface area contributed by atoms with E-state index in [4.69, 9.17) is 5.73 Å². The fourth-order valence-electron chi connectivity index (χ4n) is 4.21. The van der Waals surface area contributed by atoms with Gasteiger partial charge in [0.25, 0.3) is 0 Å². The molecule has 1 aliphatic heterocycles. The van der Waals surface area contributed by atoms with E-state index >= 15 is 0 Å². The molecule has 0 unspecified atom stereocenters. The monoisotopic (exact) mass is 559 g/mol. The zero-order valence-electron chi connectivity index (χ0n) is 20.3. The zero-order valence-corrected chi connectivity index (χ0v) is 22.6. The van der Waals surface area contributed by atoms with Crippen LogP contribution in [0.2, 0.25) is 0 Å². The fourth-order valence-corrected chi connectivity index (χ4v) is 4.21. The number of aliphatic imine (C=N–C) groups is 1. The molecule has 0 spiro atoms. The number of piperidine rings is 1. The molecule has 32 heavy (non-hydrogen) atoms. The Hall–Kier alpha value is -1.62. The Labute approximate surface area is 210 Å². The Morgan fingerprint density at radius 3 is 2.47 bits per heavy atom. The molecule has 1 amide bonds. The lowest BCUT2D eigenvalue weighted by atomic mass is 9.96. The van der Waals surface area contributed by atoms with Crippen molar-refractivity contribution < 1.29 is 4.79 Å². The van der Waals surface area contributed by atoms with Crippen LogP contribution in [0.25, 0.3) is 0 Å². The van der Waals surface area contributed by atoms with Crippen LogP contribution in [0.1, 0.15) is 52.5 Å². The van der Waals surface area contributed by atoms with E-state index in [-0.39, 0.29) is 35.8 Å². The summed E-state index contributed by atoms with van der Waals surface area (Å²) in [4.78, 5) is 25.2. The van der Waals surface area contributed by atoms with E-state index in [0.717, 1.165) is 62.8 Å². The minimum Gasteiger partial charge on any atom is -0.369 e. The van der Waals surface area contributed by atoms with Crippen molar-refractivity contribution in [3.8, 4) is 0 Å². The van der Waals surface area contributed by atoms with E-state index in [1.807, 2.05) is 12.3 Å². The number of guanidine groups is 1. The van der Waals surface area contributed by atoms with Crippen LogP contribution < -0.4 is 21.3 Å². The highest BCUT2D eigenvalue weighted by Crippen LogP contribution is 2.24. The van der Waals surface area contributed by atoms with Crippen molar-refractivity contribution in [2.24, 2.45) is 16.6 Å². The van der Waals surface area contributed by atoms with Gasteiger partial charge in [0, 0.05) is 69.5 Å². The topological polar surface area (TPSA) is 98.9 Å². The van der Waals surface area contributed by atoms with Crippen LogP contribution in [-0.2, 0) is 11.3 Å². The van der Waals surface area contributed by atoms with Gasteiger partial charge in [-0.1, -0.05) is 6.07 Å². The lowest BCUT2D eigenvalue weighted by Gasteiger charge is -2.32. The Bertz CT molecular complexity index is 710. The number of carbonyl (C=O) groups excluding carboxylic acids is 1. The second kappa shape index (κ2) is 14.5. The lowest BCUT2D eigenvalue weighted by Crippen LogP contribution is -2.41. The molecule has 4 N–H and O–H groups in total. The third-order valence-electron chi connectivity index (χ3n) is 5.95. The van der Waals surface area contributed by atoms with Gasteiger partial charge in [0.15, 0.2) is 5.96 Å². The first kappa shape index (κ1) is 28.4. The molecule has 9 heteroatoms. The highest BCUT2D eigenvalue weighted by atomic mass is 127. The number of nitrogens with one attached hydrogen (secondary N) is 2. The van der Waals surface area contributed by atoms with Crippen molar-refractivity contribution >= 4 is 41.7 Å². The quantitative estimate of drug-likeness (QED) is 0.177. The summed E-state index contributed by atoms with van der Waals surface area (Å²) in [6.45, 7) is 13.2. The number of pyridine rings is 1. The predicted octanol–water partition coefficient (Wildman–Crippen LogP) is 2.58. The first-order valence-corrected chi connectivity index (χ1v) is 11.5. The van der Waals surface area contributed by atoms with Crippen LogP contribution in [0.4, 0.5) is 5.82 Å². The third-order valence-corrected chi connectivity index (χ3v) is 5.95. The van der Waals surface area contributed by atoms with Crippen molar-refractivity contribution in [3.05, 3.63) is 23.9 Å². The van der Waals surface area contributed by atoms with Crippen LogP contribution in [0.3, 0.4) is 0 Å². The molecule has 1 fully saturated rings. The SMILES string of the molecule is CN=C(NCCCN(C(C)C)C(C)C)NCc1cccnc1N1CCC(C(N)=O)CC1.I. The molecule has 0 radical (unpaired) electrons. The summed E-state index contributed by atoms with van der Waals surface area (Å²) >= 11 is 0. The summed E-state index contributed by atoms with van der Waals surface area (Å²) in [6.07, 6.45) is 4.45. The number of anilines is 1. The maximum atomic E-state index is 11.4. The maximum absolute atomic E-state index is 11.4. The molecule has 1 aliphatic rings. The maximum Gasteiger partial charge on any atom is 0.220 e. The lowest BCUT2D eigenvalue weighted by molar-refractivity contribution is -0.122. The summed E-state index contributed by atoms with van der Waals surface area (Å²) in [5, 5.41) is 6.83. The summed E-state index contributed by atoms with van der Waals surface area (Å²) in [7, 11) is 1.79. The molecule has 0 atom stereocenters. The number of carbonyl (C=O) groups is 1. The Morgan fingerprint density at radius 2 is 1.91 bits per heavy atom. The van der Waals surface area contributed by atoms with Crippen molar-refractivity contribution in [2.75, 3.05) is 38.1 Å². The van der Waals surface area contributed by atoms with Gasteiger partial charge in [0.1, 0.15) is 5.82 Å². The van der Waals surface area contributed by atoms with Gasteiger partial charge in [-0.05, 0) is 53.0 Å². The van der Waals surface area contributed by atoms with E-state index in [0.29, 0.717) is 18.6 Å². The van der Waals surface area contributed by atoms with Gasteiger partial charge in [0.05, 0.1) is 0 Å². The van der Waals surface area contributed by atoms with E-state index in [1.54, 1.807) is 7.05 Å². The van der Waals surface area contributed by atoms with Gasteiger partial charge < -0.3 is 21.3 Å². The zero-order chi connectivity index (χ0) is 22.8. The fraction of sp³-hybridized carbons (Fsp3) is 0.696. The van der Waals surface area contributed by atoms with Gasteiger partial charge in [-0.15, -0.1) is 24.0 Å². The molecule has 0 bridgehead atoms. The van der Waals surface area contributed by atoms with Crippen LogP contribution in [-0.4, -0.2) is 67.1 Å². The molecule has 2 heterocycles. The number of nitrogens with two attached hydrogens (primary N) is 1. The van der Waals surface area contributed by atoms with Gasteiger partial charge in [0.2, 0.25) is 5.91 Å². The van der Waals surface area contributed by atoms with Crippen LogP contribution in [0.5, 0.6) is 0 Å².